The van der Waals surface area contributed by atoms with Crippen LogP contribution in [0.15, 0.2) is 54.6 Å². The van der Waals surface area contributed by atoms with E-state index in [0.717, 1.165) is 37.9 Å². The molecule has 5 nitrogen and oxygen atoms in total. The number of benzene rings is 2. The van der Waals surface area contributed by atoms with E-state index in [2.05, 4.69) is 22.5 Å². The van der Waals surface area contributed by atoms with Gasteiger partial charge in [-0.1, -0.05) is 42.5 Å². The van der Waals surface area contributed by atoms with Crippen molar-refractivity contribution in [3.05, 3.63) is 65.7 Å². The molecule has 2 fully saturated rings. The molecule has 144 valence electrons. The lowest BCUT2D eigenvalue weighted by Gasteiger charge is -2.28. The van der Waals surface area contributed by atoms with E-state index in [1.54, 1.807) is 12.1 Å². The molecule has 1 aliphatic heterocycles. The first-order valence-corrected chi connectivity index (χ1v) is 9.72. The summed E-state index contributed by atoms with van der Waals surface area (Å²) in [5.41, 5.74) is 3.97. The second-order valence-electron chi connectivity index (χ2n) is 8.31. The van der Waals surface area contributed by atoms with E-state index in [4.69, 9.17) is 0 Å². The van der Waals surface area contributed by atoms with Gasteiger partial charge in [-0.3, -0.25) is 0 Å². The van der Waals surface area contributed by atoms with Crippen molar-refractivity contribution in [1.29, 1.82) is 0 Å². The van der Waals surface area contributed by atoms with Crippen LogP contribution in [-0.2, 0) is 6.42 Å². The van der Waals surface area contributed by atoms with Crippen molar-refractivity contribution < 1.29 is 15.4 Å². The molecule has 2 aromatic rings. The highest BCUT2D eigenvalue weighted by atomic mass is 16.5. The number of hydroxylamine groups is 1. The molecule has 1 saturated heterocycles. The van der Waals surface area contributed by atoms with Gasteiger partial charge < -0.3 is 20.3 Å². The number of hydrogen-bond donors (Lipinski definition) is 4. The van der Waals surface area contributed by atoms with Crippen LogP contribution in [0.3, 0.4) is 0 Å². The van der Waals surface area contributed by atoms with Gasteiger partial charge in [0.25, 0.3) is 0 Å². The van der Waals surface area contributed by atoms with Crippen LogP contribution in [0.1, 0.15) is 30.0 Å². The molecular formula is C22H28N2O3. The number of rotatable bonds is 6. The highest BCUT2D eigenvalue weighted by Crippen LogP contribution is 2.45. The van der Waals surface area contributed by atoms with Gasteiger partial charge in [-0.25, -0.2) is 0 Å². The SMILES string of the molecule is ONC(CN1CC2CC(O)(Cc3ccccc3)CC2C1)c1ccc(O)cc1. The van der Waals surface area contributed by atoms with Crippen LogP contribution in [0.25, 0.3) is 0 Å². The van der Waals surface area contributed by atoms with Crippen LogP contribution in [0.5, 0.6) is 5.75 Å². The Bertz CT molecular complexity index is 736. The number of nitrogens with one attached hydrogen (secondary N) is 1. The zero-order valence-electron chi connectivity index (χ0n) is 15.5. The Morgan fingerprint density at radius 2 is 1.63 bits per heavy atom. The smallest absolute Gasteiger partial charge is 0.115 e. The first-order valence-electron chi connectivity index (χ1n) is 9.72. The van der Waals surface area contributed by atoms with Crippen molar-refractivity contribution in [3.8, 4) is 5.75 Å². The van der Waals surface area contributed by atoms with Crippen molar-refractivity contribution in [1.82, 2.24) is 10.4 Å². The van der Waals surface area contributed by atoms with Crippen LogP contribution in [-0.4, -0.2) is 45.6 Å². The fourth-order valence-corrected chi connectivity index (χ4v) is 5.01. The van der Waals surface area contributed by atoms with E-state index >= 15 is 0 Å². The number of fused-ring (bicyclic) bond motifs is 1. The molecule has 4 N–H and O–H groups in total. The van der Waals surface area contributed by atoms with Gasteiger partial charge >= 0.3 is 0 Å². The van der Waals surface area contributed by atoms with Crippen LogP contribution in [0.2, 0.25) is 0 Å². The molecule has 1 aliphatic carbocycles. The molecule has 0 aromatic heterocycles. The highest BCUT2D eigenvalue weighted by Gasteiger charge is 2.48. The number of nitrogens with zero attached hydrogens (tertiary/aromatic N) is 1. The molecule has 2 aliphatic rings. The van der Waals surface area contributed by atoms with E-state index in [1.807, 2.05) is 30.3 Å². The lowest BCUT2D eigenvalue weighted by atomic mass is 9.91. The number of hydrogen-bond acceptors (Lipinski definition) is 5. The monoisotopic (exact) mass is 368 g/mol. The Hall–Kier alpha value is -1.92. The summed E-state index contributed by atoms with van der Waals surface area (Å²) in [6.45, 7) is 2.63. The zero-order valence-corrected chi connectivity index (χ0v) is 15.5. The maximum Gasteiger partial charge on any atom is 0.115 e. The topological polar surface area (TPSA) is 76.0 Å². The summed E-state index contributed by atoms with van der Waals surface area (Å²) in [6.07, 6.45) is 2.42. The lowest BCUT2D eigenvalue weighted by Crippen LogP contribution is -2.36. The predicted octanol–water partition coefficient (Wildman–Crippen LogP) is 2.73. The van der Waals surface area contributed by atoms with Crippen molar-refractivity contribution in [2.45, 2.75) is 30.9 Å². The molecule has 0 bridgehead atoms. The van der Waals surface area contributed by atoms with Crippen LogP contribution >= 0.6 is 0 Å². The van der Waals surface area contributed by atoms with Crippen molar-refractivity contribution in [3.63, 3.8) is 0 Å². The summed E-state index contributed by atoms with van der Waals surface area (Å²) in [5.74, 6) is 1.25. The van der Waals surface area contributed by atoms with Crippen LogP contribution in [0.4, 0.5) is 0 Å². The van der Waals surface area contributed by atoms with Gasteiger partial charge in [0.1, 0.15) is 5.75 Å². The average molecular weight is 368 g/mol. The minimum atomic E-state index is -0.589. The zero-order chi connectivity index (χ0) is 18.9. The number of aliphatic hydroxyl groups is 1. The standard InChI is InChI=1S/C22H28N2O3/c25-20-8-6-17(7-9-20)21(23-27)15-24-13-18-11-22(26,12-19(18)14-24)10-16-4-2-1-3-5-16/h1-9,18-19,21,23,25-27H,10-15H2. The van der Waals surface area contributed by atoms with Crippen molar-refractivity contribution in [2.24, 2.45) is 11.8 Å². The summed E-state index contributed by atoms with van der Waals surface area (Å²) in [4.78, 5) is 2.37. The quantitative estimate of drug-likeness (QED) is 0.590. The normalized spacial score (nSPS) is 29.0. The first-order chi connectivity index (χ1) is 13.0. The maximum absolute atomic E-state index is 11.1. The van der Waals surface area contributed by atoms with Gasteiger partial charge in [0.05, 0.1) is 11.6 Å². The van der Waals surface area contributed by atoms with E-state index in [0.29, 0.717) is 18.4 Å². The minimum absolute atomic E-state index is 0.187. The van der Waals surface area contributed by atoms with Crippen LogP contribution < -0.4 is 5.48 Å². The summed E-state index contributed by atoms with van der Waals surface area (Å²) in [7, 11) is 0. The second kappa shape index (κ2) is 7.60. The minimum Gasteiger partial charge on any atom is -0.508 e. The van der Waals surface area contributed by atoms with Gasteiger partial charge in [0.15, 0.2) is 0 Å². The molecule has 3 atom stereocenters. The molecule has 2 aromatic carbocycles. The summed E-state index contributed by atoms with van der Waals surface area (Å²) in [5, 5.41) is 30.1. The Balaban J connectivity index is 1.34. The van der Waals surface area contributed by atoms with E-state index < -0.39 is 5.60 Å². The third-order valence-electron chi connectivity index (χ3n) is 6.20. The predicted molar refractivity (Wildman–Crippen MR) is 104 cm³/mol. The van der Waals surface area contributed by atoms with Gasteiger partial charge in [-0.2, -0.15) is 5.48 Å². The Labute approximate surface area is 160 Å². The average Bonchev–Trinajstić information content (AvgIpc) is 3.15. The molecule has 27 heavy (non-hydrogen) atoms. The Morgan fingerprint density at radius 3 is 2.22 bits per heavy atom. The number of phenolic OH excluding ortho intramolecular Hbond substituents is 1. The van der Waals surface area contributed by atoms with Gasteiger partial charge in [0.2, 0.25) is 0 Å². The molecule has 1 heterocycles. The third kappa shape index (κ3) is 4.17. The summed E-state index contributed by atoms with van der Waals surface area (Å²) in [6, 6.07) is 17.0. The number of aromatic hydroxyl groups is 1. The van der Waals surface area contributed by atoms with Crippen molar-refractivity contribution in [2.75, 3.05) is 19.6 Å². The molecule has 0 amide bonds. The molecule has 3 unspecified atom stereocenters. The number of phenols is 1. The van der Waals surface area contributed by atoms with Gasteiger partial charge in [0, 0.05) is 26.1 Å². The highest BCUT2D eigenvalue weighted by molar-refractivity contribution is 5.28. The van der Waals surface area contributed by atoms with E-state index in [9.17, 15) is 15.4 Å². The Kier molecular flexibility index (Phi) is 5.19. The largest absolute Gasteiger partial charge is 0.508 e. The molecule has 1 saturated carbocycles. The summed E-state index contributed by atoms with van der Waals surface area (Å²) < 4.78 is 0. The van der Waals surface area contributed by atoms with Crippen LogP contribution in [0, 0.1) is 11.8 Å². The fourth-order valence-electron chi connectivity index (χ4n) is 5.01. The van der Waals surface area contributed by atoms with Crippen molar-refractivity contribution >= 4 is 0 Å². The second-order valence-corrected chi connectivity index (χ2v) is 8.31. The van der Waals surface area contributed by atoms with Gasteiger partial charge in [-0.15, -0.1) is 0 Å². The first kappa shape index (κ1) is 18.4. The Morgan fingerprint density at radius 1 is 1.00 bits per heavy atom. The summed E-state index contributed by atoms with van der Waals surface area (Å²) >= 11 is 0. The molecule has 0 radical (unpaired) electrons. The lowest BCUT2D eigenvalue weighted by molar-refractivity contribution is 0.0335. The van der Waals surface area contributed by atoms with E-state index in [1.165, 1.54) is 5.56 Å². The third-order valence-corrected chi connectivity index (χ3v) is 6.20. The number of likely N-dealkylation sites (tertiary alicyclic amines) is 1. The fraction of sp³-hybridized carbons (Fsp3) is 0.455. The van der Waals surface area contributed by atoms with E-state index in [-0.39, 0.29) is 11.8 Å². The maximum atomic E-state index is 11.1. The van der Waals surface area contributed by atoms with Gasteiger partial charge in [-0.05, 0) is 47.9 Å². The molecule has 4 rings (SSSR count). The molecular weight excluding hydrogens is 340 g/mol. The molecule has 0 spiro atoms. The molecule has 5 heteroatoms.